The predicted molar refractivity (Wildman–Crippen MR) is 231 cm³/mol. The van der Waals surface area contributed by atoms with Crippen LogP contribution in [-0.2, 0) is 36.7 Å². The molecule has 301 valence electrons. The van der Waals surface area contributed by atoms with Gasteiger partial charge < -0.3 is 13.9 Å². The van der Waals surface area contributed by atoms with Crippen LogP contribution >= 0.6 is 0 Å². The fraction of sp³-hybridized carbons (Fsp3) is 0.440. The average Bonchev–Trinajstić information content (AvgIpc) is 3.67. The number of rotatable bonds is 11. The van der Waals surface area contributed by atoms with E-state index in [-0.39, 0.29) is 47.9 Å². The van der Waals surface area contributed by atoms with Crippen molar-refractivity contribution in [3.63, 3.8) is 0 Å². The van der Waals surface area contributed by atoms with Crippen LogP contribution in [0.15, 0.2) is 81.5 Å². The number of hydrogen-bond donors (Lipinski definition) is 1. The van der Waals surface area contributed by atoms with Crippen LogP contribution in [0, 0.1) is 36.7 Å². The molecule has 0 saturated heterocycles. The number of fused-ring (bicyclic) bond motifs is 3. The molecule has 0 unspecified atom stereocenters. The molecule has 6 heteroatoms. The van der Waals surface area contributed by atoms with Crippen molar-refractivity contribution < 1.29 is 38.8 Å². The Morgan fingerprint density at radius 3 is 2.09 bits per heavy atom. The van der Waals surface area contributed by atoms with E-state index in [1.54, 1.807) is 0 Å². The van der Waals surface area contributed by atoms with E-state index in [0.717, 1.165) is 87.9 Å². The van der Waals surface area contributed by atoms with Gasteiger partial charge in [0.2, 0.25) is 0 Å². The van der Waals surface area contributed by atoms with E-state index in [1.807, 2.05) is 53.8 Å². The predicted octanol–water partition coefficient (Wildman–Crippen LogP) is 14.6. The number of aliphatic hydroxyl groups is 1. The number of benzene rings is 3. The van der Waals surface area contributed by atoms with Crippen molar-refractivity contribution in [2.75, 3.05) is 0 Å². The summed E-state index contributed by atoms with van der Waals surface area (Å²) < 4.78 is 12.6. The number of hydrogen-bond acceptors (Lipinski definition) is 5. The van der Waals surface area contributed by atoms with Gasteiger partial charge in [-0.2, -0.15) is 0 Å². The van der Waals surface area contributed by atoms with Gasteiger partial charge in [0.15, 0.2) is 5.78 Å². The van der Waals surface area contributed by atoms with Crippen molar-refractivity contribution in [2.45, 2.75) is 128 Å². The molecule has 56 heavy (non-hydrogen) atoms. The van der Waals surface area contributed by atoms with Crippen molar-refractivity contribution in [3.8, 4) is 22.6 Å². The van der Waals surface area contributed by atoms with Gasteiger partial charge in [-0.15, -0.1) is 29.1 Å². The summed E-state index contributed by atoms with van der Waals surface area (Å²) in [5.74, 6) is 2.71. The van der Waals surface area contributed by atoms with E-state index in [0.29, 0.717) is 5.92 Å². The molecule has 0 amide bonds. The molecule has 1 radical (unpaired) electrons. The smallest absolute Gasteiger partial charge is 0.164 e. The van der Waals surface area contributed by atoms with Crippen LogP contribution in [0.4, 0.5) is 0 Å². The zero-order chi connectivity index (χ0) is 40.5. The van der Waals surface area contributed by atoms with Gasteiger partial charge in [0, 0.05) is 70.8 Å². The van der Waals surface area contributed by atoms with Crippen molar-refractivity contribution in [3.05, 3.63) is 101 Å². The van der Waals surface area contributed by atoms with Gasteiger partial charge >= 0.3 is 0 Å². The van der Waals surface area contributed by atoms with E-state index in [2.05, 4.69) is 103 Å². The molecule has 3 aromatic carbocycles. The normalized spacial score (nSPS) is 12.6. The maximum atomic E-state index is 12.2. The molecule has 0 atom stereocenters. The van der Waals surface area contributed by atoms with Crippen LogP contribution in [0.5, 0.6) is 0 Å². The SMILES string of the molecule is CCC(C)(CC)C(=O)/C=C(\O)C(C)(CC)CC.Cc1oc2ccc(-c3oc4ccnc(-c5[c-]c6ccccc6c(C(C)(C)C)c5)c4c3C)cc2c1CC(C)C.[Ir]. The molecule has 6 aromatic rings. The third-order valence-electron chi connectivity index (χ3n) is 12.1. The summed E-state index contributed by atoms with van der Waals surface area (Å²) in [5, 5.41) is 14.7. The number of nitrogens with zero attached hydrogens (tertiary/aromatic N) is 1. The molecule has 3 aromatic heterocycles. The van der Waals surface area contributed by atoms with Gasteiger partial charge in [0.05, 0.1) is 0 Å². The third kappa shape index (κ3) is 8.93. The minimum atomic E-state index is -0.337. The molecule has 0 saturated carbocycles. The van der Waals surface area contributed by atoms with Crippen LogP contribution in [0.25, 0.3) is 55.3 Å². The molecular formula is C50H62IrNO4-. The molecule has 0 bridgehead atoms. The summed E-state index contributed by atoms with van der Waals surface area (Å²) in [6.45, 7) is 27.5. The molecule has 0 aliphatic rings. The molecule has 0 aliphatic carbocycles. The number of carbonyl (C=O) groups excluding carboxylic acids is 1. The Morgan fingerprint density at radius 2 is 1.48 bits per heavy atom. The second-order valence-corrected chi connectivity index (χ2v) is 17.4. The summed E-state index contributed by atoms with van der Waals surface area (Å²) in [6, 6.07) is 22.8. The quantitative estimate of drug-likeness (QED) is 0.0796. The van der Waals surface area contributed by atoms with Crippen LogP contribution in [0.3, 0.4) is 0 Å². The van der Waals surface area contributed by atoms with Gasteiger partial charge in [-0.3, -0.25) is 9.78 Å². The topological polar surface area (TPSA) is 76.5 Å². The molecule has 5 nitrogen and oxygen atoms in total. The summed E-state index contributed by atoms with van der Waals surface area (Å²) in [4.78, 5) is 17.0. The van der Waals surface area contributed by atoms with E-state index in [9.17, 15) is 9.90 Å². The van der Waals surface area contributed by atoms with Crippen molar-refractivity contribution in [2.24, 2.45) is 16.7 Å². The zero-order valence-electron chi connectivity index (χ0n) is 35.9. The third-order valence-corrected chi connectivity index (χ3v) is 12.1. The van der Waals surface area contributed by atoms with Gasteiger partial charge in [-0.25, -0.2) is 0 Å². The van der Waals surface area contributed by atoms with Crippen molar-refractivity contribution >= 4 is 38.5 Å². The van der Waals surface area contributed by atoms with Gasteiger partial charge in [-0.05, 0) is 87.1 Å². The van der Waals surface area contributed by atoms with Gasteiger partial charge in [-0.1, -0.05) is 105 Å². The van der Waals surface area contributed by atoms with Crippen molar-refractivity contribution in [1.29, 1.82) is 0 Å². The fourth-order valence-corrected chi connectivity index (χ4v) is 7.41. The maximum absolute atomic E-state index is 12.2. The maximum Gasteiger partial charge on any atom is 0.164 e. The first-order valence-electron chi connectivity index (χ1n) is 20.2. The van der Waals surface area contributed by atoms with Crippen LogP contribution in [0.1, 0.15) is 124 Å². The van der Waals surface area contributed by atoms with Crippen molar-refractivity contribution in [1.82, 2.24) is 4.98 Å². The van der Waals surface area contributed by atoms with E-state index >= 15 is 0 Å². The Hall–Kier alpha value is -3.99. The van der Waals surface area contributed by atoms with E-state index in [1.165, 1.54) is 28.0 Å². The Bertz CT molecular complexity index is 2340. The number of aryl methyl sites for hydroxylation is 2. The molecule has 0 fully saturated rings. The summed E-state index contributed by atoms with van der Waals surface area (Å²) in [5.41, 5.74) is 7.78. The largest absolute Gasteiger partial charge is 0.512 e. The number of furan rings is 2. The monoisotopic (exact) mass is 933 g/mol. The second kappa shape index (κ2) is 17.7. The fourth-order valence-electron chi connectivity index (χ4n) is 7.41. The van der Waals surface area contributed by atoms with Crippen LogP contribution in [0.2, 0.25) is 0 Å². The van der Waals surface area contributed by atoms with E-state index in [4.69, 9.17) is 13.8 Å². The molecule has 6 rings (SSSR count). The number of carbonyl (C=O) groups is 1. The minimum Gasteiger partial charge on any atom is -0.512 e. The Morgan fingerprint density at radius 1 is 0.839 bits per heavy atom. The Labute approximate surface area is 348 Å². The first-order chi connectivity index (χ1) is 25.9. The summed E-state index contributed by atoms with van der Waals surface area (Å²) in [6.07, 6.45) is 7.58. The molecule has 3 heterocycles. The summed E-state index contributed by atoms with van der Waals surface area (Å²) >= 11 is 0. The number of aliphatic hydroxyl groups excluding tert-OH is 1. The number of pyridine rings is 1. The Kier molecular flexibility index (Phi) is 14.1. The molecular weight excluding hydrogens is 871 g/mol. The van der Waals surface area contributed by atoms with Crippen LogP contribution in [-0.4, -0.2) is 15.9 Å². The molecule has 0 spiro atoms. The number of allylic oxidation sites excluding steroid dienone is 2. The average molecular weight is 933 g/mol. The van der Waals surface area contributed by atoms with Gasteiger partial charge in [0.1, 0.15) is 28.4 Å². The molecule has 0 aliphatic heterocycles. The minimum absolute atomic E-state index is 0. The van der Waals surface area contributed by atoms with Gasteiger partial charge in [0.25, 0.3) is 0 Å². The number of aromatic nitrogens is 1. The zero-order valence-corrected chi connectivity index (χ0v) is 38.3. The summed E-state index contributed by atoms with van der Waals surface area (Å²) in [7, 11) is 0. The first-order valence-corrected chi connectivity index (χ1v) is 20.2. The van der Waals surface area contributed by atoms with E-state index < -0.39 is 0 Å². The van der Waals surface area contributed by atoms with Crippen LogP contribution < -0.4 is 0 Å². The first kappa shape index (κ1) is 44.7. The molecule has 1 N–H and O–H groups in total. The standard InChI is InChI=1S/C35H34NO2.C15H28O2.Ir/c1-20(2)16-27-22(4)37-30-13-12-24(18-28(27)30)34-21(3)32-31(38-34)14-15-36-33(32)25-17-23-10-8-9-11-26(23)29(19-25)35(5,6)7;1-7-14(5,8-2)12(16)11-13(17)15(6,9-3)10-4;/h8-15,18-20H,16H2,1-7H3;11,16H,7-10H2,1-6H3;/q-1;;/b;12-11-;. The Balaban J connectivity index is 0.000000330. The second-order valence-electron chi connectivity index (χ2n) is 17.4. The number of ketones is 1.